The van der Waals surface area contributed by atoms with Gasteiger partial charge < -0.3 is 10.6 Å². The summed E-state index contributed by atoms with van der Waals surface area (Å²) in [5.74, 6) is -0.274. The van der Waals surface area contributed by atoms with E-state index in [1.165, 1.54) is 23.3 Å². The van der Waals surface area contributed by atoms with Crippen molar-refractivity contribution < 1.29 is 14.4 Å². The predicted molar refractivity (Wildman–Crippen MR) is 110 cm³/mol. The van der Waals surface area contributed by atoms with Crippen LogP contribution in [0.3, 0.4) is 0 Å². The van der Waals surface area contributed by atoms with E-state index in [2.05, 4.69) is 22.8 Å². The second kappa shape index (κ2) is 9.64. The summed E-state index contributed by atoms with van der Waals surface area (Å²) in [5.41, 5.74) is 1.34. The molecular formula is C22H26N2O3S. The zero-order valence-corrected chi connectivity index (χ0v) is 16.7. The first-order valence-electron chi connectivity index (χ1n) is 9.75. The van der Waals surface area contributed by atoms with Crippen molar-refractivity contribution >= 4 is 28.9 Å². The van der Waals surface area contributed by atoms with Gasteiger partial charge >= 0.3 is 0 Å². The van der Waals surface area contributed by atoms with Crippen LogP contribution >= 0.6 is 11.3 Å². The van der Waals surface area contributed by atoms with E-state index < -0.39 is 0 Å². The quantitative estimate of drug-likeness (QED) is 0.602. The number of benzene rings is 1. The largest absolute Gasteiger partial charge is 0.356 e. The van der Waals surface area contributed by atoms with Crippen molar-refractivity contribution in [3.05, 3.63) is 58.3 Å². The molecule has 1 aromatic heterocycles. The Morgan fingerprint density at radius 1 is 0.893 bits per heavy atom. The van der Waals surface area contributed by atoms with Gasteiger partial charge in [-0.2, -0.15) is 0 Å². The molecule has 0 aliphatic heterocycles. The van der Waals surface area contributed by atoms with Gasteiger partial charge in [0.15, 0.2) is 5.78 Å². The number of hydrogen-bond acceptors (Lipinski definition) is 4. The monoisotopic (exact) mass is 398 g/mol. The minimum absolute atomic E-state index is 0.0189. The fraction of sp³-hybridized carbons (Fsp3) is 0.409. The number of amides is 2. The molecule has 1 aliphatic rings. The SMILES string of the molecule is O=C(CCC(=O)c1cccs1)NCCC(=O)NCC1(c2ccccc2)CCC1. The molecule has 1 saturated carbocycles. The Labute approximate surface area is 169 Å². The summed E-state index contributed by atoms with van der Waals surface area (Å²) in [5, 5.41) is 7.59. The Hall–Kier alpha value is -2.47. The van der Waals surface area contributed by atoms with Crippen LogP contribution in [0.1, 0.15) is 53.8 Å². The van der Waals surface area contributed by atoms with Gasteiger partial charge in [0, 0.05) is 37.8 Å². The minimum Gasteiger partial charge on any atom is -0.356 e. The first-order chi connectivity index (χ1) is 13.6. The molecule has 0 atom stereocenters. The average Bonchev–Trinajstić information content (AvgIpc) is 3.21. The van der Waals surface area contributed by atoms with Gasteiger partial charge in [-0.05, 0) is 29.9 Å². The Balaban J connectivity index is 1.33. The molecule has 2 N–H and O–H groups in total. The van der Waals surface area contributed by atoms with E-state index >= 15 is 0 Å². The molecule has 6 heteroatoms. The number of nitrogens with one attached hydrogen (secondary N) is 2. The van der Waals surface area contributed by atoms with Gasteiger partial charge in [-0.15, -0.1) is 11.3 Å². The lowest BCUT2D eigenvalue weighted by Crippen LogP contribution is -2.46. The molecule has 1 fully saturated rings. The number of carbonyl (C=O) groups excluding carboxylic acids is 3. The van der Waals surface area contributed by atoms with Crippen LogP contribution in [0.5, 0.6) is 0 Å². The summed E-state index contributed by atoms with van der Waals surface area (Å²) in [6, 6.07) is 13.9. The first-order valence-corrected chi connectivity index (χ1v) is 10.6. The van der Waals surface area contributed by atoms with Crippen LogP contribution in [0.25, 0.3) is 0 Å². The van der Waals surface area contributed by atoms with Crippen molar-refractivity contribution in [2.75, 3.05) is 13.1 Å². The highest BCUT2D eigenvalue weighted by molar-refractivity contribution is 7.12. The first kappa shape index (κ1) is 20.3. The minimum atomic E-state index is -0.197. The maximum atomic E-state index is 12.1. The average molecular weight is 399 g/mol. The second-order valence-corrected chi connectivity index (χ2v) is 8.22. The van der Waals surface area contributed by atoms with E-state index in [1.807, 2.05) is 29.6 Å². The van der Waals surface area contributed by atoms with Gasteiger partial charge in [0.1, 0.15) is 0 Å². The third-order valence-corrected chi connectivity index (χ3v) is 6.28. The van der Waals surface area contributed by atoms with Gasteiger partial charge in [0.25, 0.3) is 0 Å². The number of ketones is 1. The molecule has 0 saturated heterocycles. The predicted octanol–water partition coefficient (Wildman–Crippen LogP) is 3.46. The second-order valence-electron chi connectivity index (χ2n) is 7.28. The lowest BCUT2D eigenvalue weighted by atomic mass is 9.64. The molecule has 1 heterocycles. The lowest BCUT2D eigenvalue weighted by molar-refractivity contribution is -0.122. The summed E-state index contributed by atoms with van der Waals surface area (Å²) in [4.78, 5) is 36.6. The van der Waals surface area contributed by atoms with E-state index in [0.717, 1.165) is 12.8 Å². The van der Waals surface area contributed by atoms with Crippen LogP contribution in [0.2, 0.25) is 0 Å². The summed E-state index contributed by atoms with van der Waals surface area (Å²) in [6.45, 7) is 0.926. The van der Waals surface area contributed by atoms with Gasteiger partial charge in [-0.3, -0.25) is 14.4 Å². The molecule has 0 spiro atoms. The Morgan fingerprint density at radius 3 is 2.29 bits per heavy atom. The molecule has 3 rings (SSSR count). The topological polar surface area (TPSA) is 75.3 Å². The highest BCUT2D eigenvalue weighted by atomic mass is 32.1. The molecule has 28 heavy (non-hydrogen) atoms. The molecule has 2 aromatic rings. The maximum Gasteiger partial charge on any atom is 0.221 e. The van der Waals surface area contributed by atoms with Crippen LogP contribution in [-0.2, 0) is 15.0 Å². The number of thiophene rings is 1. The summed E-state index contributed by atoms with van der Waals surface area (Å²) >= 11 is 1.38. The fourth-order valence-electron chi connectivity index (χ4n) is 3.51. The maximum absolute atomic E-state index is 12.1. The molecule has 1 aliphatic carbocycles. The molecule has 148 valence electrons. The van der Waals surface area contributed by atoms with Crippen molar-refractivity contribution in [1.29, 1.82) is 0 Å². The van der Waals surface area contributed by atoms with E-state index in [-0.39, 0.29) is 48.8 Å². The number of rotatable bonds is 10. The molecule has 5 nitrogen and oxygen atoms in total. The molecule has 0 radical (unpaired) electrons. The number of Topliss-reactive ketones (excluding diaryl/α,β-unsaturated/α-hetero) is 1. The van der Waals surface area contributed by atoms with Crippen molar-refractivity contribution in [1.82, 2.24) is 10.6 Å². The standard InChI is InChI=1S/C22H26N2O3S/c25-18(19-8-4-15-28-19)9-10-20(26)23-14-11-21(27)24-16-22(12-5-13-22)17-6-2-1-3-7-17/h1-4,6-8,15H,5,9-14,16H2,(H,23,26)(H,24,27). The lowest BCUT2D eigenvalue weighted by Gasteiger charge is -2.42. The van der Waals surface area contributed by atoms with Crippen LogP contribution < -0.4 is 10.6 Å². The van der Waals surface area contributed by atoms with E-state index in [9.17, 15) is 14.4 Å². The normalized spacial score (nSPS) is 14.7. The van der Waals surface area contributed by atoms with Gasteiger partial charge in [-0.25, -0.2) is 0 Å². The highest BCUT2D eigenvalue weighted by Gasteiger charge is 2.38. The Morgan fingerprint density at radius 2 is 1.64 bits per heavy atom. The number of carbonyl (C=O) groups is 3. The van der Waals surface area contributed by atoms with Crippen molar-refractivity contribution in [2.24, 2.45) is 0 Å². The molecule has 0 bridgehead atoms. The molecule has 1 aromatic carbocycles. The Kier molecular flexibility index (Phi) is 6.98. The zero-order valence-electron chi connectivity index (χ0n) is 15.9. The van der Waals surface area contributed by atoms with Crippen molar-refractivity contribution in [3.63, 3.8) is 0 Å². The van der Waals surface area contributed by atoms with Gasteiger partial charge in [0.05, 0.1) is 4.88 Å². The van der Waals surface area contributed by atoms with Crippen LogP contribution in [-0.4, -0.2) is 30.7 Å². The van der Waals surface area contributed by atoms with E-state index in [0.29, 0.717) is 11.4 Å². The molecule has 2 amide bonds. The smallest absolute Gasteiger partial charge is 0.221 e. The van der Waals surface area contributed by atoms with Gasteiger partial charge in [-0.1, -0.05) is 42.8 Å². The third-order valence-electron chi connectivity index (χ3n) is 5.37. The zero-order chi connectivity index (χ0) is 19.8. The van der Waals surface area contributed by atoms with E-state index in [4.69, 9.17) is 0 Å². The fourth-order valence-corrected chi connectivity index (χ4v) is 4.20. The van der Waals surface area contributed by atoms with Crippen molar-refractivity contribution in [2.45, 2.75) is 43.9 Å². The summed E-state index contributed by atoms with van der Waals surface area (Å²) in [6.07, 6.45) is 3.95. The Bertz CT molecular complexity index is 798. The van der Waals surface area contributed by atoms with E-state index in [1.54, 1.807) is 6.07 Å². The molecular weight excluding hydrogens is 372 g/mol. The summed E-state index contributed by atoms with van der Waals surface area (Å²) < 4.78 is 0. The van der Waals surface area contributed by atoms with Crippen molar-refractivity contribution in [3.8, 4) is 0 Å². The van der Waals surface area contributed by atoms with Gasteiger partial charge in [0.2, 0.25) is 11.8 Å². The van der Waals surface area contributed by atoms with Crippen LogP contribution in [0.4, 0.5) is 0 Å². The molecule has 0 unspecified atom stereocenters. The third kappa shape index (κ3) is 5.29. The van der Waals surface area contributed by atoms with Crippen LogP contribution in [0.15, 0.2) is 47.8 Å². The highest BCUT2D eigenvalue weighted by Crippen LogP contribution is 2.43. The number of hydrogen-bond donors (Lipinski definition) is 2. The van der Waals surface area contributed by atoms with Crippen LogP contribution in [0, 0.1) is 0 Å². The summed E-state index contributed by atoms with van der Waals surface area (Å²) in [7, 11) is 0.